The number of nitrogens with two attached hydrogens (primary N) is 1. The van der Waals surface area contributed by atoms with E-state index in [9.17, 15) is 9.90 Å². The van der Waals surface area contributed by atoms with Crippen LogP contribution >= 0.6 is 11.3 Å². The van der Waals surface area contributed by atoms with Gasteiger partial charge in [-0.05, 0) is 19.1 Å². The van der Waals surface area contributed by atoms with E-state index in [1.54, 1.807) is 18.2 Å². The number of rotatable bonds is 3. The van der Waals surface area contributed by atoms with Gasteiger partial charge in [0.1, 0.15) is 9.88 Å². The van der Waals surface area contributed by atoms with Crippen molar-refractivity contribution >= 4 is 23.0 Å². The van der Waals surface area contributed by atoms with Crippen LogP contribution < -0.4 is 5.73 Å². The van der Waals surface area contributed by atoms with E-state index in [4.69, 9.17) is 5.73 Å². The van der Waals surface area contributed by atoms with Crippen molar-refractivity contribution in [2.75, 3.05) is 5.73 Å². The summed E-state index contributed by atoms with van der Waals surface area (Å²) in [5.74, 6) is -0.978. The summed E-state index contributed by atoms with van der Waals surface area (Å²) in [5, 5.41) is 10.1. The van der Waals surface area contributed by atoms with Crippen molar-refractivity contribution < 1.29 is 9.90 Å². The molecule has 0 radical (unpaired) electrons. The first-order valence-corrected chi connectivity index (χ1v) is 7.53. The number of nitrogens with zero attached hydrogens (tertiary/aromatic N) is 1. The minimum atomic E-state index is -0.978. The number of aromatic nitrogens is 1. The molecule has 22 heavy (non-hydrogen) atoms. The fraction of sp³-hybridized carbons (Fsp3) is 0.0588. The maximum atomic E-state index is 11.5. The Morgan fingerprint density at radius 3 is 2.50 bits per heavy atom. The number of carboxylic acid groups (broad SMARTS) is 1. The topological polar surface area (TPSA) is 76.2 Å². The second-order valence-corrected chi connectivity index (χ2v) is 5.99. The molecule has 5 heteroatoms. The largest absolute Gasteiger partial charge is 0.477 e. The smallest absolute Gasteiger partial charge is 0.348 e. The first-order chi connectivity index (χ1) is 10.5. The third kappa shape index (κ3) is 2.71. The van der Waals surface area contributed by atoms with Gasteiger partial charge in [-0.3, -0.25) is 0 Å². The Bertz CT molecular complexity index is 838. The van der Waals surface area contributed by atoms with Crippen LogP contribution in [0.4, 0.5) is 5.69 Å². The van der Waals surface area contributed by atoms with Crippen molar-refractivity contribution in [3.8, 4) is 21.8 Å². The lowest BCUT2D eigenvalue weighted by Crippen LogP contribution is -1.96. The molecule has 3 rings (SSSR count). The Kier molecular flexibility index (Phi) is 3.65. The standard InChI is InChI=1S/C17H14N2O2S/c1-10-5-7-11(8-6-10)16-19-14(15(22-16)17(20)21)12-3-2-4-13(18)9-12/h2-9H,18H2,1H3,(H,20,21). The maximum Gasteiger partial charge on any atom is 0.348 e. The van der Waals surface area contributed by atoms with Gasteiger partial charge < -0.3 is 10.8 Å². The first kappa shape index (κ1) is 14.3. The molecule has 0 amide bonds. The Hall–Kier alpha value is -2.66. The molecule has 0 saturated heterocycles. The monoisotopic (exact) mass is 310 g/mol. The van der Waals surface area contributed by atoms with Crippen molar-refractivity contribution in [1.29, 1.82) is 0 Å². The van der Waals surface area contributed by atoms with E-state index in [0.29, 0.717) is 22.0 Å². The lowest BCUT2D eigenvalue weighted by Gasteiger charge is -2.00. The van der Waals surface area contributed by atoms with E-state index >= 15 is 0 Å². The van der Waals surface area contributed by atoms with E-state index in [1.807, 2.05) is 37.3 Å². The Balaban J connectivity index is 2.14. The highest BCUT2D eigenvalue weighted by Gasteiger charge is 2.19. The predicted molar refractivity (Wildman–Crippen MR) is 89.1 cm³/mol. The second-order valence-electron chi connectivity index (χ2n) is 4.99. The van der Waals surface area contributed by atoms with Gasteiger partial charge in [0, 0.05) is 16.8 Å². The quantitative estimate of drug-likeness (QED) is 0.715. The number of benzene rings is 2. The Morgan fingerprint density at radius 2 is 1.86 bits per heavy atom. The van der Waals surface area contributed by atoms with Crippen LogP contribution in [0.25, 0.3) is 21.8 Å². The van der Waals surface area contributed by atoms with Crippen LogP contribution in [0.3, 0.4) is 0 Å². The molecule has 0 spiro atoms. The molecule has 0 atom stereocenters. The number of carbonyl (C=O) groups is 1. The summed E-state index contributed by atoms with van der Waals surface area (Å²) in [6.07, 6.45) is 0. The van der Waals surface area contributed by atoms with Gasteiger partial charge in [0.2, 0.25) is 0 Å². The summed E-state index contributed by atoms with van der Waals surface area (Å²) >= 11 is 1.18. The van der Waals surface area contributed by atoms with Crippen LogP contribution in [-0.4, -0.2) is 16.1 Å². The van der Waals surface area contributed by atoms with Gasteiger partial charge in [-0.15, -0.1) is 11.3 Å². The minimum absolute atomic E-state index is 0.223. The molecule has 0 aliphatic heterocycles. The molecule has 0 saturated carbocycles. The molecule has 110 valence electrons. The molecular formula is C17H14N2O2S. The number of hydrogen-bond acceptors (Lipinski definition) is 4. The van der Waals surface area contributed by atoms with E-state index in [2.05, 4.69) is 4.98 Å². The van der Waals surface area contributed by atoms with Crippen molar-refractivity contribution in [2.45, 2.75) is 6.92 Å². The highest BCUT2D eigenvalue weighted by atomic mass is 32.1. The number of anilines is 1. The number of hydrogen-bond donors (Lipinski definition) is 2. The van der Waals surface area contributed by atoms with Gasteiger partial charge in [-0.25, -0.2) is 9.78 Å². The van der Waals surface area contributed by atoms with Crippen molar-refractivity contribution in [3.05, 3.63) is 59.0 Å². The number of carboxylic acids is 1. The van der Waals surface area contributed by atoms with Crippen molar-refractivity contribution in [2.24, 2.45) is 0 Å². The average Bonchev–Trinajstić information content (AvgIpc) is 2.93. The van der Waals surface area contributed by atoms with Gasteiger partial charge >= 0.3 is 5.97 Å². The molecule has 0 bridgehead atoms. The van der Waals surface area contributed by atoms with Gasteiger partial charge in [-0.2, -0.15) is 0 Å². The zero-order valence-corrected chi connectivity index (χ0v) is 12.7. The summed E-state index contributed by atoms with van der Waals surface area (Å²) in [4.78, 5) is 16.3. The van der Waals surface area contributed by atoms with Crippen LogP contribution in [0.5, 0.6) is 0 Å². The van der Waals surface area contributed by atoms with Crippen LogP contribution in [-0.2, 0) is 0 Å². The minimum Gasteiger partial charge on any atom is -0.477 e. The average molecular weight is 310 g/mol. The van der Waals surface area contributed by atoms with E-state index in [-0.39, 0.29) is 4.88 Å². The number of aryl methyl sites for hydroxylation is 1. The molecular weight excluding hydrogens is 296 g/mol. The third-order valence-electron chi connectivity index (χ3n) is 3.28. The zero-order chi connectivity index (χ0) is 15.7. The summed E-state index contributed by atoms with van der Waals surface area (Å²) in [5.41, 5.74) is 9.60. The van der Waals surface area contributed by atoms with Crippen molar-refractivity contribution in [3.63, 3.8) is 0 Å². The van der Waals surface area contributed by atoms with Crippen LogP contribution in [0.2, 0.25) is 0 Å². The van der Waals surface area contributed by atoms with E-state index in [0.717, 1.165) is 11.1 Å². The summed E-state index contributed by atoms with van der Waals surface area (Å²) in [6.45, 7) is 2.01. The predicted octanol–water partition coefficient (Wildman–Crippen LogP) is 4.07. The zero-order valence-electron chi connectivity index (χ0n) is 11.9. The van der Waals surface area contributed by atoms with Crippen LogP contribution in [0, 0.1) is 6.92 Å². The number of nitrogen functional groups attached to an aromatic ring is 1. The third-order valence-corrected chi connectivity index (χ3v) is 4.37. The summed E-state index contributed by atoms with van der Waals surface area (Å²) < 4.78 is 0. The van der Waals surface area contributed by atoms with Crippen LogP contribution in [0.1, 0.15) is 15.2 Å². The van der Waals surface area contributed by atoms with E-state index < -0.39 is 5.97 Å². The molecule has 1 aromatic heterocycles. The second kappa shape index (κ2) is 5.61. The number of aromatic carboxylic acids is 1. The molecule has 0 fully saturated rings. The fourth-order valence-electron chi connectivity index (χ4n) is 2.17. The Morgan fingerprint density at radius 1 is 1.14 bits per heavy atom. The van der Waals surface area contributed by atoms with Crippen LogP contribution in [0.15, 0.2) is 48.5 Å². The summed E-state index contributed by atoms with van der Waals surface area (Å²) in [6, 6.07) is 15.0. The molecule has 3 N–H and O–H groups in total. The molecule has 4 nitrogen and oxygen atoms in total. The number of thiazole rings is 1. The SMILES string of the molecule is Cc1ccc(-c2nc(-c3cccc(N)c3)c(C(=O)O)s2)cc1. The lowest BCUT2D eigenvalue weighted by molar-refractivity contribution is 0.0702. The molecule has 0 aliphatic carbocycles. The van der Waals surface area contributed by atoms with Crippen molar-refractivity contribution in [1.82, 2.24) is 4.98 Å². The molecule has 2 aromatic carbocycles. The molecule has 3 aromatic rings. The maximum absolute atomic E-state index is 11.5. The fourth-order valence-corrected chi connectivity index (χ4v) is 3.10. The first-order valence-electron chi connectivity index (χ1n) is 6.71. The van der Waals surface area contributed by atoms with Gasteiger partial charge in [0.05, 0.1) is 5.69 Å². The summed E-state index contributed by atoms with van der Waals surface area (Å²) in [7, 11) is 0. The molecule has 0 aliphatic rings. The highest BCUT2D eigenvalue weighted by molar-refractivity contribution is 7.17. The molecule has 0 unspecified atom stereocenters. The normalized spacial score (nSPS) is 10.6. The van der Waals surface area contributed by atoms with Gasteiger partial charge in [-0.1, -0.05) is 42.0 Å². The van der Waals surface area contributed by atoms with E-state index in [1.165, 1.54) is 11.3 Å². The van der Waals surface area contributed by atoms with Gasteiger partial charge in [0.15, 0.2) is 0 Å². The van der Waals surface area contributed by atoms with Gasteiger partial charge in [0.25, 0.3) is 0 Å². The molecule has 1 heterocycles. The lowest BCUT2D eigenvalue weighted by atomic mass is 10.1. The Labute approximate surface area is 131 Å². The highest BCUT2D eigenvalue weighted by Crippen LogP contribution is 2.34.